The summed E-state index contributed by atoms with van der Waals surface area (Å²) in [5.74, 6) is -0.127. The van der Waals surface area contributed by atoms with Crippen molar-refractivity contribution in [3.05, 3.63) is 46.7 Å². The summed E-state index contributed by atoms with van der Waals surface area (Å²) in [5.41, 5.74) is 2.56. The SMILES string of the molecule is Cc1cc(C)nc(OC2CCC(NC(=O)CN3CCN(c4ccc(Cl)cc4)C3=O)CC2)n1. The molecule has 2 fully saturated rings. The molecule has 1 aliphatic heterocycles. The maximum Gasteiger partial charge on any atom is 0.325 e. The van der Waals surface area contributed by atoms with E-state index in [1.54, 1.807) is 21.9 Å². The Morgan fingerprint density at radius 3 is 2.41 bits per heavy atom. The molecule has 1 aromatic heterocycles. The minimum atomic E-state index is -0.159. The predicted octanol–water partition coefficient (Wildman–Crippen LogP) is 3.50. The van der Waals surface area contributed by atoms with E-state index in [1.165, 1.54) is 0 Å². The van der Waals surface area contributed by atoms with E-state index in [9.17, 15) is 9.59 Å². The maximum absolute atomic E-state index is 12.7. The number of hydrogen-bond donors (Lipinski definition) is 1. The first kappa shape index (κ1) is 22.3. The Bertz CT molecular complexity index is 956. The van der Waals surface area contributed by atoms with E-state index in [0.717, 1.165) is 42.8 Å². The van der Waals surface area contributed by atoms with Crippen molar-refractivity contribution in [1.82, 2.24) is 20.2 Å². The van der Waals surface area contributed by atoms with Gasteiger partial charge in [0.2, 0.25) is 5.91 Å². The summed E-state index contributed by atoms with van der Waals surface area (Å²) in [6.45, 7) is 4.99. The van der Waals surface area contributed by atoms with Crippen molar-refractivity contribution in [1.29, 1.82) is 0 Å². The third kappa shape index (κ3) is 5.48. The molecule has 0 spiro atoms. The molecule has 0 unspecified atom stereocenters. The largest absolute Gasteiger partial charge is 0.460 e. The number of aromatic nitrogens is 2. The summed E-state index contributed by atoms with van der Waals surface area (Å²) in [5, 5.41) is 3.70. The van der Waals surface area contributed by atoms with Crippen LogP contribution in [0.5, 0.6) is 6.01 Å². The number of nitrogens with one attached hydrogen (secondary N) is 1. The van der Waals surface area contributed by atoms with Gasteiger partial charge in [0.05, 0.1) is 0 Å². The molecule has 1 aromatic carbocycles. The lowest BCUT2D eigenvalue weighted by atomic mass is 9.93. The molecule has 32 heavy (non-hydrogen) atoms. The number of aryl methyl sites for hydroxylation is 2. The zero-order chi connectivity index (χ0) is 22.7. The smallest absolute Gasteiger partial charge is 0.325 e. The first-order valence-electron chi connectivity index (χ1n) is 11.0. The highest BCUT2D eigenvalue weighted by Crippen LogP contribution is 2.24. The number of hydrogen-bond acceptors (Lipinski definition) is 5. The average Bonchev–Trinajstić information content (AvgIpc) is 3.09. The van der Waals surface area contributed by atoms with Gasteiger partial charge in [0.1, 0.15) is 12.6 Å². The number of amides is 3. The van der Waals surface area contributed by atoms with E-state index in [2.05, 4.69) is 15.3 Å². The number of carbonyl (C=O) groups is 2. The highest BCUT2D eigenvalue weighted by Gasteiger charge is 2.32. The highest BCUT2D eigenvalue weighted by atomic mass is 35.5. The van der Waals surface area contributed by atoms with Crippen LogP contribution in [0.15, 0.2) is 30.3 Å². The Balaban J connectivity index is 1.22. The number of carbonyl (C=O) groups excluding carboxylic acids is 2. The third-order valence-electron chi connectivity index (χ3n) is 5.84. The van der Waals surface area contributed by atoms with Gasteiger partial charge in [0, 0.05) is 41.2 Å². The van der Waals surface area contributed by atoms with Crippen LogP contribution in [0.4, 0.5) is 10.5 Å². The second kappa shape index (κ2) is 9.73. The van der Waals surface area contributed by atoms with Gasteiger partial charge < -0.3 is 15.0 Å². The number of nitrogens with zero attached hydrogens (tertiary/aromatic N) is 4. The van der Waals surface area contributed by atoms with Gasteiger partial charge in [0.25, 0.3) is 0 Å². The number of rotatable bonds is 6. The van der Waals surface area contributed by atoms with Crippen molar-refractivity contribution in [3.63, 3.8) is 0 Å². The van der Waals surface area contributed by atoms with Gasteiger partial charge >= 0.3 is 12.0 Å². The monoisotopic (exact) mass is 457 g/mol. The van der Waals surface area contributed by atoms with Crippen LogP contribution in [-0.2, 0) is 4.79 Å². The van der Waals surface area contributed by atoms with Crippen LogP contribution in [0.2, 0.25) is 5.02 Å². The highest BCUT2D eigenvalue weighted by molar-refractivity contribution is 6.30. The minimum absolute atomic E-state index is 0.0532. The van der Waals surface area contributed by atoms with Gasteiger partial charge in [-0.25, -0.2) is 14.8 Å². The molecule has 2 aromatic rings. The topological polar surface area (TPSA) is 87.7 Å². The van der Waals surface area contributed by atoms with Gasteiger partial charge in [-0.1, -0.05) is 11.6 Å². The summed E-state index contributed by atoms with van der Waals surface area (Å²) in [6, 6.07) is 9.41. The second-order valence-corrected chi connectivity index (χ2v) is 8.86. The zero-order valence-electron chi connectivity index (χ0n) is 18.4. The summed E-state index contributed by atoms with van der Waals surface area (Å²) >= 11 is 5.93. The molecule has 0 atom stereocenters. The lowest BCUT2D eigenvalue weighted by Crippen LogP contribution is -2.45. The molecule has 1 N–H and O–H groups in total. The van der Waals surface area contributed by atoms with Crippen molar-refractivity contribution in [2.24, 2.45) is 0 Å². The maximum atomic E-state index is 12.7. The van der Waals surface area contributed by atoms with Gasteiger partial charge in [-0.2, -0.15) is 0 Å². The summed E-state index contributed by atoms with van der Waals surface area (Å²) in [6.07, 6.45) is 3.36. The lowest BCUT2D eigenvalue weighted by molar-refractivity contribution is -0.122. The number of anilines is 1. The normalized spacial score (nSPS) is 21.0. The number of ether oxygens (including phenoxy) is 1. The number of urea groups is 1. The Labute approximate surface area is 192 Å². The zero-order valence-corrected chi connectivity index (χ0v) is 19.1. The quantitative estimate of drug-likeness (QED) is 0.717. The van der Waals surface area contributed by atoms with Gasteiger partial charge in [-0.05, 0) is 69.9 Å². The number of halogens is 1. The van der Waals surface area contributed by atoms with E-state index < -0.39 is 0 Å². The minimum Gasteiger partial charge on any atom is -0.460 e. The van der Waals surface area contributed by atoms with Crippen LogP contribution in [0.1, 0.15) is 37.1 Å². The van der Waals surface area contributed by atoms with Crippen molar-refractivity contribution in [2.45, 2.75) is 51.7 Å². The van der Waals surface area contributed by atoms with Crippen molar-refractivity contribution >= 4 is 29.2 Å². The standard InChI is InChI=1S/C23H28ClN5O3/c1-15-13-16(2)26-22(25-15)32-20-9-5-18(6-10-20)27-21(30)14-28-11-12-29(23(28)31)19-7-3-17(24)4-8-19/h3-4,7-8,13,18,20H,5-6,9-12,14H2,1-2H3,(H,27,30). The molecule has 170 valence electrons. The van der Waals surface area contributed by atoms with Crippen molar-refractivity contribution in [2.75, 3.05) is 24.5 Å². The number of benzene rings is 1. The molecule has 3 amide bonds. The van der Waals surface area contributed by atoms with E-state index >= 15 is 0 Å². The molecular formula is C23H28ClN5O3. The molecule has 1 aliphatic carbocycles. The van der Waals surface area contributed by atoms with E-state index in [0.29, 0.717) is 24.1 Å². The van der Waals surface area contributed by atoms with Crippen LogP contribution in [0.25, 0.3) is 0 Å². The third-order valence-corrected chi connectivity index (χ3v) is 6.09. The molecular weight excluding hydrogens is 430 g/mol. The van der Waals surface area contributed by atoms with E-state index in [4.69, 9.17) is 16.3 Å². The molecule has 0 radical (unpaired) electrons. The van der Waals surface area contributed by atoms with Gasteiger partial charge in [-0.3, -0.25) is 9.69 Å². The van der Waals surface area contributed by atoms with Crippen LogP contribution in [0, 0.1) is 13.8 Å². The van der Waals surface area contributed by atoms with E-state index in [1.807, 2.05) is 32.0 Å². The second-order valence-electron chi connectivity index (χ2n) is 8.42. The Morgan fingerprint density at radius 2 is 1.75 bits per heavy atom. The van der Waals surface area contributed by atoms with Crippen molar-refractivity contribution in [3.8, 4) is 6.01 Å². The predicted molar refractivity (Wildman–Crippen MR) is 122 cm³/mol. The molecule has 2 aliphatic rings. The van der Waals surface area contributed by atoms with Gasteiger partial charge in [0.15, 0.2) is 0 Å². The van der Waals surface area contributed by atoms with Crippen LogP contribution in [0.3, 0.4) is 0 Å². The summed E-state index contributed by atoms with van der Waals surface area (Å²) < 4.78 is 5.95. The molecule has 4 rings (SSSR count). The van der Waals surface area contributed by atoms with Gasteiger partial charge in [-0.15, -0.1) is 0 Å². The molecule has 1 saturated carbocycles. The Hall–Kier alpha value is -2.87. The van der Waals surface area contributed by atoms with Crippen LogP contribution >= 0.6 is 11.6 Å². The first-order chi connectivity index (χ1) is 15.4. The fraction of sp³-hybridized carbons (Fsp3) is 0.478. The molecule has 9 heteroatoms. The summed E-state index contributed by atoms with van der Waals surface area (Å²) in [4.78, 5) is 37.2. The summed E-state index contributed by atoms with van der Waals surface area (Å²) in [7, 11) is 0. The molecule has 2 heterocycles. The van der Waals surface area contributed by atoms with E-state index in [-0.39, 0.29) is 30.6 Å². The molecule has 8 nitrogen and oxygen atoms in total. The molecule has 1 saturated heterocycles. The van der Waals surface area contributed by atoms with Crippen molar-refractivity contribution < 1.29 is 14.3 Å². The fourth-order valence-corrected chi connectivity index (χ4v) is 4.38. The van der Waals surface area contributed by atoms with Crippen LogP contribution in [-0.4, -0.2) is 58.6 Å². The lowest BCUT2D eigenvalue weighted by Gasteiger charge is -2.29. The molecule has 0 bridgehead atoms. The Kier molecular flexibility index (Phi) is 6.79. The first-order valence-corrected chi connectivity index (χ1v) is 11.4. The van der Waals surface area contributed by atoms with Crippen LogP contribution < -0.4 is 15.0 Å². The average molecular weight is 458 g/mol. The Morgan fingerprint density at radius 1 is 1.09 bits per heavy atom. The fourth-order valence-electron chi connectivity index (χ4n) is 4.26.